The van der Waals surface area contributed by atoms with Crippen molar-refractivity contribution in [2.45, 2.75) is 44.7 Å². The summed E-state index contributed by atoms with van der Waals surface area (Å²) in [4.78, 5) is 33.5. The summed E-state index contributed by atoms with van der Waals surface area (Å²) in [5, 5.41) is 4.06. The number of carbonyl (C=O) groups excluding carboxylic acids is 2. The van der Waals surface area contributed by atoms with Crippen LogP contribution in [0.1, 0.15) is 26.2 Å². The molecule has 3 amide bonds. The third-order valence-corrected chi connectivity index (χ3v) is 6.37. The van der Waals surface area contributed by atoms with Gasteiger partial charge in [0, 0.05) is 32.4 Å². The zero-order valence-electron chi connectivity index (χ0n) is 17.1. The number of rotatable bonds is 5. The van der Waals surface area contributed by atoms with E-state index in [-0.39, 0.29) is 30.4 Å². The Morgan fingerprint density at radius 1 is 1.28 bits per heavy atom. The Bertz CT molecular complexity index is 806. The van der Waals surface area contributed by atoms with E-state index in [1.807, 2.05) is 18.2 Å². The fraction of sp³-hybridized carbons (Fsp3) is 0.600. The molecular formula is C20H28ClN5O3. The molecule has 0 aromatic heterocycles. The number of anilines is 1. The molecule has 158 valence electrons. The molecule has 8 nitrogen and oxygen atoms in total. The van der Waals surface area contributed by atoms with Gasteiger partial charge >= 0.3 is 6.03 Å². The van der Waals surface area contributed by atoms with Gasteiger partial charge in [0.2, 0.25) is 0 Å². The average Bonchev–Trinajstić information content (AvgIpc) is 3.12. The molecule has 3 unspecified atom stereocenters. The van der Waals surface area contributed by atoms with Crippen molar-refractivity contribution in [1.82, 2.24) is 20.0 Å². The van der Waals surface area contributed by atoms with Crippen molar-refractivity contribution in [3.8, 4) is 5.75 Å². The third kappa shape index (κ3) is 3.33. The van der Waals surface area contributed by atoms with Crippen molar-refractivity contribution in [2.24, 2.45) is 0 Å². The largest absolute Gasteiger partial charge is 0.495 e. The van der Waals surface area contributed by atoms with Crippen LogP contribution >= 0.6 is 11.6 Å². The van der Waals surface area contributed by atoms with E-state index >= 15 is 0 Å². The number of nitrogens with zero attached hydrogens (tertiary/aromatic N) is 4. The number of fused-ring (bicyclic) bond motifs is 3. The smallest absolute Gasteiger partial charge is 0.327 e. The van der Waals surface area contributed by atoms with Crippen molar-refractivity contribution < 1.29 is 14.3 Å². The fourth-order valence-electron chi connectivity index (χ4n) is 4.54. The van der Waals surface area contributed by atoms with Gasteiger partial charge < -0.3 is 14.5 Å². The number of halogens is 1. The van der Waals surface area contributed by atoms with E-state index in [9.17, 15) is 9.59 Å². The SMILES string of the molecule is CCCCN1C(=O)C2C(NC3N(c4ccc(OC)c(Cl)c4)CCCN23)N(C)C1=O. The van der Waals surface area contributed by atoms with Crippen LogP contribution in [-0.4, -0.2) is 78.9 Å². The van der Waals surface area contributed by atoms with E-state index in [4.69, 9.17) is 16.3 Å². The molecule has 3 aliphatic rings. The number of unbranched alkanes of at least 4 members (excludes halogenated alkanes) is 1. The highest BCUT2D eigenvalue weighted by molar-refractivity contribution is 6.32. The standard InChI is InChI=1S/C20H28ClN5O3/c1-4-5-9-26-18(27)16-17(23(2)20(26)28)22-19-24(10-6-11-25(16)19)13-7-8-15(29-3)14(21)12-13/h7-8,12,16-17,19,22H,4-6,9-11H2,1-3H3. The normalized spacial score (nSPS) is 27.3. The van der Waals surface area contributed by atoms with Gasteiger partial charge in [0.05, 0.1) is 12.1 Å². The molecule has 1 N–H and O–H groups in total. The molecule has 0 radical (unpaired) electrons. The Morgan fingerprint density at radius 2 is 2.07 bits per heavy atom. The molecule has 3 heterocycles. The van der Waals surface area contributed by atoms with Crippen molar-refractivity contribution in [2.75, 3.05) is 38.7 Å². The molecule has 1 aromatic carbocycles. The fourth-order valence-corrected chi connectivity index (χ4v) is 4.79. The van der Waals surface area contributed by atoms with Gasteiger partial charge in [-0.3, -0.25) is 19.9 Å². The molecule has 9 heteroatoms. The second-order valence-corrected chi connectivity index (χ2v) is 8.18. The summed E-state index contributed by atoms with van der Waals surface area (Å²) in [6.07, 6.45) is 2.16. The first-order valence-corrected chi connectivity index (χ1v) is 10.6. The Kier molecular flexibility index (Phi) is 5.59. The van der Waals surface area contributed by atoms with Crippen LogP contribution in [0.2, 0.25) is 5.02 Å². The summed E-state index contributed by atoms with van der Waals surface area (Å²) in [5.41, 5.74) is 0.959. The molecule has 1 aromatic rings. The second-order valence-electron chi connectivity index (χ2n) is 7.77. The van der Waals surface area contributed by atoms with E-state index in [1.165, 1.54) is 4.90 Å². The number of amides is 3. The van der Waals surface area contributed by atoms with Crippen molar-refractivity contribution in [1.29, 1.82) is 0 Å². The quantitative estimate of drug-likeness (QED) is 0.785. The first-order valence-electron chi connectivity index (χ1n) is 10.2. The molecule has 3 atom stereocenters. The second kappa shape index (κ2) is 8.01. The van der Waals surface area contributed by atoms with E-state index in [0.717, 1.165) is 38.0 Å². The number of hydrogen-bond donors (Lipinski definition) is 1. The summed E-state index contributed by atoms with van der Waals surface area (Å²) < 4.78 is 5.26. The maximum absolute atomic E-state index is 13.2. The Balaban J connectivity index is 1.62. The summed E-state index contributed by atoms with van der Waals surface area (Å²) in [5.74, 6) is 0.528. The first kappa shape index (κ1) is 20.3. The molecule has 3 aliphatic heterocycles. The highest BCUT2D eigenvalue weighted by Gasteiger charge is 2.55. The van der Waals surface area contributed by atoms with Gasteiger partial charge in [0.1, 0.15) is 24.2 Å². The number of hydrogen-bond acceptors (Lipinski definition) is 6. The maximum Gasteiger partial charge on any atom is 0.327 e. The molecule has 3 saturated heterocycles. The zero-order chi connectivity index (χ0) is 20.7. The minimum absolute atomic E-state index is 0.101. The number of urea groups is 1. The Morgan fingerprint density at radius 3 is 2.76 bits per heavy atom. The lowest BCUT2D eigenvalue weighted by molar-refractivity contribution is -0.138. The van der Waals surface area contributed by atoms with Crippen LogP contribution in [-0.2, 0) is 4.79 Å². The highest BCUT2D eigenvalue weighted by Crippen LogP contribution is 2.35. The van der Waals surface area contributed by atoms with Gasteiger partial charge in [-0.05, 0) is 31.0 Å². The molecule has 0 spiro atoms. The number of nitrogens with one attached hydrogen (secondary N) is 1. The summed E-state index contributed by atoms with van der Waals surface area (Å²) in [6.45, 7) is 4.16. The molecular weight excluding hydrogens is 394 g/mol. The monoisotopic (exact) mass is 421 g/mol. The number of imide groups is 1. The van der Waals surface area contributed by atoms with Gasteiger partial charge in [-0.1, -0.05) is 24.9 Å². The lowest BCUT2D eigenvalue weighted by atomic mass is 10.1. The van der Waals surface area contributed by atoms with Crippen LogP contribution in [0, 0.1) is 0 Å². The zero-order valence-corrected chi connectivity index (χ0v) is 17.9. The number of likely N-dealkylation sites (N-methyl/N-ethyl adjacent to an activating group) is 1. The summed E-state index contributed by atoms with van der Waals surface area (Å²) in [7, 11) is 3.36. The van der Waals surface area contributed by atoms with Gasteiger partial charge in [-0.2, -0.15) is 0 Å². The Labute approximate surface area is 176 Å². The van der Waals surface area contributed by atoms with Crippen LogP contribution in [0.5, 0.6) is 5.75 Å². The number of benzene rings is 1. The van der Waals surface area contributed by atoms with Crippen LogP contribution in [0.4, 0.5) is 10.5 Å². The number of ether oxygens (including phenoxy) is 1. The minimum atomic E-state index is -0.379. The predicted octanol–water partition coefficient (Wildman–Crippen LogP) is 2.14. The lowest BCUT2D eigenvalue weighted by Crippen LogP contribution is -2.66. The maximum atomic E-state index is 13.2. The van der Waals surface area contributed by atoms with Crippen molar-refractivity contribution >= 4 is 29.2 Å². The van der Waals surface area contributed by atoms with Gasteiger partial charge in [0.15, 0.2) is 0 Å². The molecule has 3 fully saturated rings. The predicted molar refractivity (Wildman–Crippen MR) is 111 cm³/mol. The summed E-state index contributed by atoms with van der Waals surface area (Å²) in [6, 6.07) is 5.11. The van der Waals surface area contributed by atoms with Gasteiger partial charge in [-0.25, -0.2) is 4.79 Å². The van der Waals surface area contributed by atoms with E-state index in [0.29, 0.717) is 17.3 Å². The minimum Gasteiger partial charge on any atom is -0.495 e. The van der Waals surface area contributed by atoms with E-state index < -0.39 is 0 Å². The molecule has 29 heavy (non-hydrogen) atoms. The Hall–Kier alpha value is -2.03. The summed E-state index contributed by atoms with van der Waals surface area (Å²) >= 11 is 6.35. The average molecular weight is 422 g/mol. The highest BCUT2D eigenvalue weighted by atomic mass is 35.5. The lowest BCUT2D eigenvalue weighted by Gasteiger charge is -2.44. The molecule has 0 saturated carbocycles. The van der Waals surface area contributed by atoms with Crippen LogP contribution < -0.4 is 15.0 Å². The van der Waals surface area contributed by atoms with Gasteiger partial charge in [-0.15, -0.1) is 0 Å². The van der Waals surface area contributed by atoms with E-state index in [1.54, 1.807) is 19.1 Å². The van der Waals surface area contributed by atoms with Crippen molar-refractivity contribution in [3.63, 3.8) is 0 Å². The van der Waals surface area contributed by atoms with E-state index in [2.05, 4.69) is 22.0 Å². The molecule has 4 rings (SSSR count). The molecule has 0 aliphatic carbocycles. The van der Waals surface area contributed by atoms with Crippen LogP contribution in [0.15, 0.2) is 18.2 Å². The van der Waals surface area contributed by atoms with Crippen LogP contribution in [0.25, 0.3) is 0 Å². The first-order chi connectivity index (χ1) is 14.0. The van der Waals surface area contributed by atoms with Gasteiger partial charge in [0.25, 0.3) is 5.91 Å². The molecule has 0 bridgehead atoms. The van der Waals surface area contributed by atoms with Crippen LogP contribution in [0.3, 0.4) is 0 Å². The third-order valence-electron chi connectivity index (χ3n) is 6.07. The number of carbonyl (C=O) groups is 2. The topological polar surface area (TPSA) is 68.4 Å². The number of methoxy groups -OCH3 is 1. The van der Waals surface area contributed by atoms with Crippen molar-refractivity contribution in [3.05, 3.63) is 23.2 Å².